The first-order valence-corrected chi connectivity index (χ1v) is 8.30. The minimum absolute atomic E-state index is 0.108. The van der Waals surface area contributed by atoms with Crippen molar-refractivity contribution in [3.05, 3.63) is 23.7 Å². The number of rotatable bonds is 4. The zero-order valence-electron chi connectivity index (χ0n) is 13.5. The fourth-order valence-electron chi connectivity index (χ4n) is 3.57. The van der Waals surface area contributed by atoms with Crippen molar-refractivity contribution < 1.29 is 18.7 Å². The van der Waals surface area contributed by atoms with Crippen LogP contribution in [0.15, 0.2) is 16.7 Å². The molecule has 0 spiro atoms. The number of nitrogens with zero attached hydrogens (tertiary/aromatic N) is 1. The molecule has 3 heterocycles. The molecule has 2 N–H and O–H groups in total. The molecule has 1 aromatic heterocycles. The summed E-state index contributed by atoms with van der Waals surface area (Å²) in [6, 6.07) is 1.88. The van der Waals surface area contributed by atoms with Crippen LogP contribution in [0.3, 0.4) is 0 Å². The highest BCUT2D eigenvalue weighted by Gasteiger charge is 2.36. The van der Waals surface area contributed by atoms with Crippen LogP contribution in [0.1, 0.15) is 37.0 Å². The van der Waals surface area contributed by atoms with Gasteiger partial charge in [0.05, 0.1) is 18.8 Å². The standard InChI is InChI=1S/C17H24N2O4/c1-11-6-9-22-15(11)10-16(20)19-7-4-12(5-8-19)13-2-3-14(23-13)17(18)21/h6,9,12-14H,2-5,7-8,10H2,1H3,(H2,18,21)/t13-,14+/m0/s1. The van der Waals surface area contributed by atoms with E-state index in [2.05, 4.69) is 0 Å². The summed E-state index contributed by atoms with van der Waals surface area (Å²) in [5.74, 6) is 0.909. The zero-order valence-corrected chi connectivity index (χ0v) is 13.5. The average Bonchev–Trinajstić information content (AvgIpc) is 3.17. The van der Waals surface area contributed by atoms with Gasteiger partial charge < -0.3 is 19.8 Å². The Labute approximate surface area is 135 Å². The van der Waals surface area contributed by atoms with E-state index >= 15 is 0 Å². The highest BCUT2D eigenvalue weighted by molar-refractivity contribution is 5.79. The number of nitrogens with two attached hydrogens (primary N) is 1. The smallest absolute Gasteiger partial charge is 0.246 e. The molecule has 0 saturated carbocycles. The van der Waals surface area contributed by atoms with Crippen molar-refractivity contribution >= 4 is 11.8 Å². The second kappa shape index (κ2) is 6.74. The molecule has 2 aliphatic rings. The van der Waals surface area contributed by atoms with E-state index in [1.165, 1.54) is 0 Å². The molecular weight excluding hydrogens is 296 g/mol. The Kier molecular flexibility index (Phi) is 4.71. The largest absolute Gasteiger partial charge is 0.469 e. The maximum absolute atomic E-state index is 12.4. The topological polar surface area (TPSA) is 85.8 Å². The molecule has 2 aliphatic heterocycles. The maximum atomic E-state index is 12.4. The lowest BCUT2D eigenvalue weighted by Gasteiger charge is -2.34. The summed E-state index contributed by atoms with van der Waals surface area (Å²) in [6.45, 7) is 3.43. The second-order valence-corrected chi connectivity index (χ2v) is 6.56. The molecule has 0 radical (unpaired) electrons. The van der Waals surface area contributed by atoms with Crippen molar-refractivity contribution in [1.82, 2.24) is 4.90 Å². The Bertz CT molecular complexity index is 575. The number of carbonyl (C=O) groups excluding carboxylic acids is 2. The second-order valence-electron chi connectivity index (χ2n) is 6.56. The first kappa shape index (κ1) is 16.1. The Balaban J connectivity index is 1.48. The number of amides is 2. The van der Waals surface area contributed by atoms with Crippen molar-refractivity contribution in [1.29, 1.82) is 0 Å². The summed E-state index contributed by atoms with van der Waals surface area (Å²) in [4.78, 5) is 25.4. The van der Waals surface area contributed by atoms with Crippen LogP contribution in [0.2, 0.25) is 0 Å². The SMILES string of the molecule is Cc1ccoc1CC(=O)N1CCC([C@@H]2CC[C@H](C(N)=O)O2)CC1. The Morgan fingerprint density at radius 1 is 1.26 bits per heavy atom. The van der Waals surface area contributed by atoms with Crippen LogP contribution in [0.4, 0.5) is 0 Å². The van der Waals surface area contributed by atoms with Crippen LogP contribution in [0.5, 0.6) is 0 Å². The summed E-state index contributed by atoms with van der Waals surface area (Å²) in [5.41, 5.74) is 6.32. The van der Waals surface area contributed by atoms with E-state index in [1.54, 1.807) is 6.26 Å². The van der Waals surface area contributed by atoms with Gasteiger partial charge in [0.25, 0.3) is 0 Å². The normalized spacial score (nSPS) is 25.7. The van der Waals surface area contributed by atoms with Gasteiger partial charge in [-0.15, -0.1) is 0 Å². The van der Waals surface area contributed by atoms with E-state index in [4.69, 9.17) is 14.9 Å². The van der Waals surface area contributed by atoms with Gasteiger partial charge in [0.2, 0.25) is 11.8 Å². The van der Waals surface area contributed by atoms with Gasteiger partial charge in [-0.1, -0.05) is 0 Å². The molecule has 0 aromatic carbocycles. The van der Waals surface area contributed by atoms with Crippen molar-refractivity contribution in [3.63, 3.8) is 0 Å². The molecule has 23 heavy (non-hydrogen) atoms. The van der Waals surface area contributed by atoms with Crippen LogP contribution in [0.25, 0.3) is 0 Å². The van der Waals surface area contributed by atoms with E-state index in [0.717, 1.165) is 50.1 Å². The molecule has 2 atom stereocenters. The van der Waals surface area contributed by atoms with E-state index < -0.39 is 6.10 Å². The Morgan fingerprint density at radius 2 is 2.00 bits per heavy atom. The third-order valence-electron chi connectivity index (χ3n) is 5.07. The van der Waals surface area contributed by atoms with Crippen LogP contribution >= 0.6 is 0 Å². The van der Waals surface area contributed by atoms with Gasteiger partial charge >= 0.3 is 0 Å². The average molecular weight is 320 g/mol. The predicted molar refractivity (Wildman–Crippen MR) is 83.5 cm³/mol. The lowest BCUT2D eigenvalue weighted by atomic mass is 9.89. The molecule has 6 heteroatoms. The van der Waals surface area contributed by atoms with Crippen LogP contribution < -0.4 is 5.73 Å². The molecule has 126 valence electrons. The fraction of sp³-hybridized carbons (Fsp3) is 0.647. The zero-order chi connectivity index (χ0) is 16.4. The number of piperidine rings is 1. The van der Waals surface area contributed by atoms with E-state index in [0.29, 0.717) is 12.3 Å². The highest BCUT2D eigenvalue weighted by Crippen LogP contribution is 2.31. The van der Waals surface area contributed by atoms with E-state index in [-0.39, 0.29) is 17.9 Å². The molecule has 6 nitrogen and oxygen atoms in total. The first-order valence-electron chi connectivity index (χ1n) is 8.30. The highest BCUT2D eigenvalue weighted by atomic mass is 16.5. The Morgan fingerprint density at radius 3 is 2.57 bits per heavy atom. The Hall–Kier alpha value is -1.82. The van der Waals surface area contributed by atoms with Crippen molar-refractivity contribution in [2.24, 2.45) is 11.7 Å². The van der Waals surface area contributed by atoms with Gasteiger partial charge in [-0.2, -0.15) is 0 Å². The molecule has 2 fully saturated rings. The number of ether oxygens (including phenoxy) is 1. The molecule has 3 rings (SSSR count). The van der Waals surface area contributed by atoms with E-state index in [1.807, 2.05) is 17.9 Å². The monoisotopic (exact) mass is 320 g/mol. The van der Waals surface area contributed by atoms with Crippen molar-refractivity contribution in [3.8, 4) is 0 Å². The third kappa shape index (κ3) is 3.58. The predicted octanol–water partition coefficient (Wildman–Crippen LogP) is 1.40. The summed E-state index contributed by atoms with van der Waals surface area (Å²) in [5, 5.41) is 0. The van der Waals surface area contributed by atoms with Crippen molar-refractivity contribution in [2.45, 2.75) is 51.2 Å². The molecule has 2 saturated heterocycles. The van der Waals surface area contributed by atoms with Gasteiger partial charge in [-0.3, -0.25) is 9.59 Å². The summed E-state index contributed by atoms with van der Waals surface area (Å²) >= 11 is 0. The van der Waals surface area contributed by atoms with Gasteiger partial charge in [-0.05, 0) is 50.2 Å². The van der Waals surface area contributed by atoms with Crippen LogP contribution in [-0.2, 0) is 20.7 Å². The van der Waals surface area contributed by atoms with Gasteiger partial charge in [0, 0.05) is 13.1 Å². The molecule has 2 amide bonds. The number of likely N-dealkylation sites (tertiary alicyclic amines) is 1. The fourth-order valence-corrected chi connectivity index (χ4v) is 3.57. The molecule has 0 unspecified atom stereocenters. The molecule has 1 aromatic rings. The van der Waals surface area contributed by atoms with Crippen molar-refractivity contribution in [2.75, 3.05) is 13.1 Å². The van der Waals surface area contributed by atoms with Gasteiger partial charge in [0.1, 0.15) is 11.9 Å². The van der Waals surface area contributed by atoms with Gasteiger partial charge in [0.15, 0.2) is 0 Å². The van der Waals surface area contributed by atoms with Gasteiger partial charge in [-0.25, -0.2) is 0 Å². The third-order valence-corrected chi connectivity index (χ3v) is 5.07. The maximum Gasteiger partial charge on any atom is 0.246 e. The number of carbonyl (C=O) groups is 2. The number of furan rings is 1. The molecular formula is C17H24N2O4. The summed E-state index contributed by atoms with van der Waals surface area (Å²) in [7, 11) is 0. The lowest BCUT2D eigenvalue weighted by Crippen LogP contribution is -2.42. The number of hydrogen-bond donors (Lipinski definition) is 1. The number of primary amides is 1. The first-order chi connectivity index (χ1) is 11.0. The number of hydrogen-bond acceptors (Lipinski definition) is 4. The minimum Gasteiger partial charge on any atom is -0.469 e. The molecule has 0 bridgehead atoms. The minimum atomic E-state index is -0.429. The van der Waals surface area contributed by atoms with E-state index in [9.17, 15) is 9.59 Å². The molecule has 0 aliphatic carbocycles. The van der Waals surface area contributed by atoms with Crippen LogP contribution in [0, 0.1) is 12.8 Å². The van der Waals surface area contributed by atoms with Crippen LogP contribution in [-0.4, -0.2) is 42.0 Å². The quantitative estimate of drug-likeness (QED) is 0.908. The lowest BCUT2D eigenvalue weighted by molar-refractivity contribution is -0.134. The summed E-state index contributed by atoms with van der Waals surface area (Å²) < 4.78 is 11.1. The number of aryl methyl sites for hydroxylation is 1. The summed E-state index contributed by atoms with van der Waals surface area (Å²) in [6.07, 6.45) is 5.06.